The highest BCUT2D eigenvalue weighted by molar-refractivity contribution is 5.89. The number of carbonyl (C=O) groups excluding carboxylic acids is 1. The molecule has 7 fully saturated rings. The molecule has 1 aromatic carbocycles. The Bertz CT molecular complexity index is 1440. The van der Waals surface area contributed by atoms with Crippen LogP contribution in [-0.2, 0) is 23.7 Å². The zero-order valence-electron chi connectivity index (χ0n) is 27.8. The molecule has 258 valence electrons. The van der Waals surface area contributed by atoms with Crippen LogP contribution >= 0.6 is 0 Å². The first-order valence-electron chi connectivity index (χ1n) is 17.7. The molecule has 3 aliphatic carbocycles. The van der Waals surface area contributed by atoms with E-state index in [0.29, 0.717) is 18.4 Å². The molecule has 4 aliphatic heterocycles. The third-order valence-corrected chi connectivity index (χ3v) is 13.7. The van der Waals surface area contributed by atoms with Gasteiger partial charge in [0.05, 0.1) is 17.8 Å². The van der Waals surface area contributed by atoms with Crippen molar-refractivity contribution in [2.45, 2.75) is 132 Å². The lowest BCUT2D eigenvalue weighted by molar-refractivity contribution is -0.458. The fourth-order valence-corrected chi connectivity index (χ4v) is 11.6. The number of ether oxygens (including phenoxy) is 5. The summed E-state index contributed by atoms with van der Waals surface area (Å²) in [7, 11) is 0. The van der Waals surface area contributed by atoms with Crippen LogP contribution in [0, 0.1) is 35.5 Å². The van der Waals surface area contributed by atoms with Crippen molar-refractivity contribution in [3.8, 4) is 0 Å². The van der Waals surface area contributed by atoms with Crippen LogP contribution in [0.1, 0.15) is 83.0 Å². The predicted octanol–water partition coefficient (Wildman–Crippen LogP) is 3.49. The van der Waals surface area contributed by atoms with Gasteiger partial charge in [-0.15, -0.1) is 0 Å². The van der Waals surface area contributed by atoms with E-state index in [-0.39, 0.29) is 17.8 Å². The molecule has 1 aromatic rings. The molecular formula is C37H50O10. The molecule has 3 saturated carbocycles. The van der Waals surface area contributed by atoms with Crippen molar-refractivity contribution in [1.82, 2.24) is 0 Å². The highest BCUT2D eigenvalue weighted by Gasteiger charge is 2.90. The van der Waals surface area contributed by atoms with Gasteiger partial charge in [0.25, 0.3) is 0 Å². The van der Waals surface area contributed by atoms with E-state index in [2.05, 4.69) is 20.4 Å². The molecule has 4 N–H and O–H groups in total. The maximum absolute atomic E-state index is 13.8. The number of benzene rings is 1. The molecule has 47 heavy (non-hydrogen) atoms. The normalized spacial score (nSPS) is 54.3. The molecule has 0 aromatic heterocycles. The Hall–Kier alpha value is -1.89. The molecule has 10 heteroatoms. The van der Waals surface area contributed by atoms with Gasteiger partial charge in [0.2, 0.25) is 0 Å². The van der Waals surface area contributed by atoms with Crippen molar-refractivity contribution in [3.05, 3.63) is 48.0 Å². The fourth-order valence-electron chi connectivity index (χ4n) is 11.6. The lowest BCUT2D eigenvalue weighted by Crippen LogP contribution is -2.74. The Morgan fingerprint density at radius 1 is 1.00 bits per heavy atom. The van der Waals surface area contributed by atoms with Gasteiger partial charge in [-0.1, -0.05) is 77.7 Å². The number of rotatable bonds is 4. The van der Waals surface area contributed by atoms with Gasteiger partial charge in [-0.25, -0.2) is 4.79 Å². The van der Waals surface area contributed by atoms with Gasteiger partial charge in [0, 0.05) is 11.8 Å². The zero-order valence-corrected chi connectivity index (χ0v) is 27.8. The minimum Gasteiger partial charge on any atom is -0.455 e. The molecule has 0 amide bonds. The Morgan fingerprint density at radius 2 is 1.70 bits per heavy atom. The molecule has 4 heterocycles. The molecule has 0 radical (unpaired) electrons. The highest BCUT2D eigenvalue weighted by atomic mass is 16.9. The average molecular weight is 655 g/mol. The van der Waals surface area contributed by atoms with E-state index < -0.39 is 89.2 Å². The molecule has 3 bridgehead atoms. The average Bonchev–Trinajstić information content (AvgIpc) is 3.69. The first-order chi connectivity index (χ1) is 22.3. The first-order valence-corrected chi connectivity index (χ1v) is 17.7. The van der Waals surface area contributed by atoms with Gasteiger partial charge in [0.1, 0.15) is 47.3 Å². The van der Waals surface area contributed by atoms with Crippen molar-refractivity contribution in [3.63, 3.8) is 0 Å². The van der Waals surface area contributed by atoms with Crippen molar-refractivity contribution >= 4 is 5.97 Å². The fraction of sp³-hybridized carbons (Fsp3) is 0.757. The summed E-state index contributed by atoms with van der Waals surface area (Å²) < 4.78 is 33.7. The summed E-state index contributed by atoms with van der Waals surface area (Å²) in [5.41, 5.74) is -4.83. The minimum absolute atomic E-state index is 0.0521. The second kappa shape index (κ2) is 10.6. The highest BCUT2D eigenvalue weighted by Crippen LogP contribution is 2.75. The Morgan fingerprint density at radius 3 is 2.38 bits per heavy atom. The second-order valence-electron chi connectivity index (χ2n) is 16.0. The third-order valence-electron chi connectivity index (χ3n) is 13.7. The van der Waals surface area contributed by atoms with E-state index in [9.17, 15) is 25.2 Å². The number of esters is 1. The van der Waals surface area contributed by atoms with Crippen molar-refractivity contribution in [1.29, 1.82) is 0 Å². The number of epoxide rings is 1. The van der Waals surface area contributed by atoms with Gasteiger partial charge in [-0.05, 0) is 61.1 Å². The number of hydrogen-bond donors (Lipinski definition) is 4. The Balaban J connectivity index is 1.37. The number of fused-ring (bicyclic) bond motifs is 1. The van der Waals surface area contributed by atoms with Gasteiger partial charge in [-0.2, -0.15) is 0 Å². The topological polar surface area (TPSA) is 147 Å². The molecule has 8 rings (SSSR count). The van der Waals surface area contributed by atoms with E-state index in [1.165, 1.54) is 0 Å². The van der Waals surface area contributed by atoms with E-state index in [0.717, 1.165) is 37.7 Å². The zero-order chi connectivity index (χ0) is 33.3. The van der Waals surface area contributed by atoms with E-state index >= 15 is 0 Å². The maximum atomic E-state index is 13.8. The van der Waals surface area contributed by atoms with E-state index in [4.69, 9.17) is 23.7 Å². The largest absolute Gasteiger partial charge is 0.455 e. The van der Waals surface area contributed by atoms with Crippen molar-refractivity contribution in [2.75, 3.05) is 6.61 Å². The van der Waals surface area contributed by atoms with Gasteiger partial charge in [-0.3, -0.25) is 0 Å². The quantitative estimate of drug-likeness (QED) is 0.216. The van der Waals surface area contributed by atoms with Crippen LogP contribution in [0.25, 0.3) is 0 Å². The third kappa shape index (κ3) is 3.93. The van der Waals surface area contributed by atoms with Crippen molar-refractivity contribution < 1.29 is 48.9 Å². The molecule has 10 nitrogen and oxygen atoms in total. The summed E-state index contributed by atoms with van der Waals surface area (Å²) in [5.74, 6) is -4.73. The summed E-state index contributed by atoms with van der Waals surface area (Å²) in [4.78, 5) is 13.8. The number of aliphatic hydroxyl groups is 4. The Labute approximate surface area is 276 Å². The summed E-state index contributed by atoms with van der Waals surface area (Å²) >= 11 is 0. The van der Waals surface area contributed by atoms with Gasteiger partial charge in [0.15, 0.2) is 0 Å². The summed E-state index contributed by atoms with van der Waals surface area (Å²) in [6.45, 7) is 11.9. The summed E-state index contributed by atoms with van der Waals surface area (Å²) in [6, 6.07) is 8.65. The molecule has 7 aliphatic rings. The molecular weight excluding hydrogens is 604 g/mol. The maximum Gasteiger partial charge on any atom is 0.338 e. The van der Waals surface area contributed by atoms with E-state index in [1.54, 1.807) is 24.3 Å². The van der Waals surface area contributed by atoms with Crippen LogP contribution in [0.3, 0.4) is 0 Å². The van der Waals surface area contributed by atoms with Crippen LogP contribution in [0.15, 0.2) is 42.5 Å². The first kappa shape index (κ1) is 32.3. The van der Waals surface area contributed by atoms with Crippen molar-refractivity contribution in [2.24, 2.45) is 35.5 Å². The molecule has 3 unspecified atom stereocenters. The Kier molecular flexibility index (Phi) is 7.26. The SMILES string of the molecule is C=C(C)[C@]12C[C@@H](C)[C@@]34OC5(O[C@@H]1[C@@H]3[C@@H]1O[C@]1(CO)[C@@H](O)[C@@]1(O)C4C([C@@H](C)CCCCCC[C@H]5O)[C@H](C)[C@@H]1OC(=O)c1ccccc1)O2. The number of hydrogen-bond acceptors (Lipinski definition) is 10. The predicted molar refractivity (Wildman–Crippen MR) is 168 cm³/mol. The van der Waals surface area contributed by atoms with Crippen LogP contribution in [0.2, 0.25) is 0 Å². The van der Waals surface area contributed by atoms with Gasteiger partial charge < -0.3 is 44.1 Å². The molecule has 4 saturated heterocycles. The standard InChI is InChI=1S/C37H50O10/c1-19(2)33-17-21(4)36-26-29(33)45-37(46-33,47-36)24(39)16-12-7-6-9-13-20(3)25-22(5)28(43-31(40)23-14-10-8-11-15-23)35(42,27(25)36)32(41)34(18-38)30(26)44-34/h8,10-11,14-15,20-22,24-30,32,38-39,41-42H,1,6-7,9,12-13,16-18H2,2-5H3/t20-,21+,22-,24+,25?,26+,27?,28-,29+,30-,32+,33+,34-,35+,36+,37?/m0/s1. The van der Waals surface area contributed by atoms with Crippen LogP contribution in [-0.4, -0.2) is 91.9 Å². The van der Waals surface area contributed by atoms with Crippen LogP contribution in [0.5, 0.6) is 0 Å². The number of aliphatic hydroxyl groups excluding tert-OH is 3. The molecule has 16 atom stereocenters. The molecule has 2 spiro atoms. The van der Waals surface area contributed by atoms with Gasteiger partial charge >= 0.3 is 11.9 Å². The lowest BCUT2D eigenvalue weighted by Gasteiger charge is -2.62. The van der Waals surface area contributed by atoms with E-state index in [1.807, 2.05) is 19.9 Å². The van der Waals surface area contributed by atoms with Crippen LogP contribution < -0.4 is 0 Å². The van der Waals surface area contributed by atoms with Crippen LogP contribution in [0.4, 0.5) is 0 Å². The lowest BCUT2D eigenvalue weighted by atomic mass is 9.51. The summed E-state index contributed by atoms with van der Waals surface area (Å²) in [6.07, 6.45) is 0.0237. The minimum atomic E-state index is -2.09. The second-order valence-corrected chi connectivity index (χ2v) is 16.0. The smallest absolute Gasteiger partial charge is 0.338 e. The summed E-state index contributed by atoms with van der Waals surface area (Å²) in [5, 5.41) is 48.9. The number of carbonyl (C=O) groups is 1. The monoisotopic (exact) mass is 654 g/mol.